The number of fused-ring (bicyclic) bond motifs is 1. The third kappa shape index (κ3) is 2.69. The normalized spacial score (nSPS) is 10.8. The first-order valence-electron chi connectivity index (χ1n) is 6.42. The highest BCUT2D eigenvalue weighted by Gasteiger charge is 2.10. The number of pyridine rings is 1. The van der Waals surface area contributed by atoms with Crippen molar-refractivity contribution in [2.75, 3.05) is 11.1 Å². The van der Waals surface area contributed by atoms with Crippen molar-refractivity contribution in [3.8, 4) is 0 Å². The number of rotatable bonds is 2. The zero-order chi connectivity index (χ0) is 15.0. The second kappa shape index (κ2) is 5.33. The number of nitrogens with one attached hydrogen (secondary N) is 1. The Morgan fingerprint density at radius 3 is 2.76 bits per heavy atom. The summed E-state index contributed by atoms with van der Waals surface area (Å²) in [5, 5.41) is 3.99. The van der Waals surface area contributed by atoms with Gasteiger partial charge in [0.2, 0.25) is 0 Å². The van der Waals surface area contributed by atoms with Gasteiger partial charge in [-0.15, -0.1) is 0 Å². The summed E-state index contributed by atoms with van der Waals surface area (Å²) in [6.07, 6.45) is 0. The van der Waals surface area contributed by atoms with E-state index in [0.717, 1.165) is 22.3 Å². The highest BCUT2D eigenvalue weighted by molar-refractivity contribution is 9.10. The quantitative estimate of drug-likeness (QED) is 0.657. The van der Waals surface area contributed by atoms with Crippen molar-refractivity contribution in [3.63, 3.8) is 0 Å². The summed E-state index contributed by atoms with van der Waals surface area (Å²) in [6.45, 7) is 1.90. The molecule has 0 amide bonds. The number of halogens is 2. The lowest BCUT2D eigenvalue weighted by molar-refractivity contribution is 0.631. The largest absolute Gasteiger partial charge is 0.399 e. The van der Waals surface area contributed by atoms with Gasteiger partial charge in [-0.2, -0.15) is 0 Å². The van der Waals surface area contributed by atoms with Crippen LogP contribution in [0.3, 0.4) is 0 Å². The van der Waals surface area contributed by atoms with Crippen LogP contribution in [0.5, 0.6) is 0 Å². The van der Waals surface area contributed by atoms with Crippen molar-refractivity contribution in [1.82, 2.24) is 4.98 Å². The van der Waals surface area contributed by atoms with E-state index in [4.69, 9.17) is 5.73 Å². The van der Waals surface area contributed by atoms with Gasteiger partial charge in [-0.1, -0.05) is 6.07 Å². The number of benzene rings is 2. The van der Waals surface area contributed by atoms with Gasteiger partial charge >= 0.3 is 0 Å². The Morgan fingerprint density at radius 1 is 1.19 bits per heavy atom. The van der Waals surface area contributed by atoms with Gasteiger partial charge < -0.3 is 11.1 Å². The van der Waals surface area contributed by atoms with Gasteiger partial charge in [0.25, 0.3) is 0 Å². The molecule has 0 saturated carbocycles. The van der Waals surface area contributed by atoms with Crippen molar-refractivity contribution in [1.29, 1.82) is 0 Å². The molecule has 3 aromatic rings. The molecule has 2 aromatic carbocycles. The van der Waals surface area contributed by atoms with Crippen LogP contribution >= 0.6 is 15.9 Å². The molecule has 1 aromatic heterocycles. The van der Waals surface area contributed by atoms with Crippen LogP contribution in [0.15, 0.2) is 46.9 Å². The zero-order valence-corrected chi connectivity index (χ0v) is 12.9. The maximum atomic E-state index is 14.0. The van der Waals surface area contributed by atoms with Crippen LogP contribution in [0.2, 0.25) is 0 Å². The number of nitrogen functional groups attached to an aromatic ring is 1. The van der Waals surface area contributed by atoms with E-state index < -0.39 is 0 Å². The molecule has 0 atom stereocenters. The molecule has 0 aliphatic heterocycles. The standard InChI is InChI=1S/C16H13BrFN3/c1-9-7-15(11-8-10(19)5-6-14(11)20-9)21-16-12(17)3-2-4-13(16)18/h2-8H,19H2,1H3,(H,20,21). The SMILES string of the molecule is Cc1cc(Nc2c(F)cccc2Br)c2cc(N)ccc2n1. The molecule has 21 heavy (non-hydrogen) atoms. The average molecular weight is 346 g/mol. The lowest BCUT2D eigenvalue weighted by Crippen LogP contribution is -1.98. The minimum Gasteiger partial charge on any atom is -0.399 e. The summed E-state index contributed by atoms with van der Waals surface area (Å²) in [4.78, 5) is 4.46. The van der Waals surface area contributed by atoms with Crippen LogP contribution in [0.1, 0.15) is 5.69 Å². The van der Waals surface area contributed by atoms with Gasteiger partial charge in [0.05, 0.1) is 11.2 Å². The van der Waals surface area contributed by atoms with Crippen molar-refractivity contribution in [3.05, 3.63) is 58.4 Å². The average Bonchev–Trinajstić information content (AvgIpc) is 2.43. The lowest BCUT2D eigenvalue weighted by Gasteiger charge is -2.13. The molecule has 0 saturated heterocycles. The highest BCUT2D eigenvalue weighted by atomic mass is 79.9. The van der Waals surface area contributed by atoms with Crippen LogP contribution in [-0.2, 0) is 0 Å². The molecule has 0 radical (unpaired) electrons. The van der Waals surface area contributed by atoms with Crippen molar-refractivity contribution in [2.24, 2.45) is 0 Å². The Bertz CT molecular complexity index is 813. The van der Waals surface area contributed by atoms with E-state index in [1.807, 2.05) is 25.1 Å². The molecule has 3 nitrogen and oxygen atoms in total. The summed E-state index contributed by atoms with van der Waals surface area (Å²) in [7, 11) is 0. The predicted octanol–water partition coefficient (Wildman–Crippen LogP) is 4.77. The van der Waals surface area contributed by atoms with Crippen LogP contribution in [0, 0.1) is 12.7 Å². The number of anilines is 3. The molecular formula is C16H13BrFN3. The molecule has 5 heteroatoms. The summed E-state index contributed by atoms with van der Waals surface area (Å²) < 4.78 is 14.6. The summed E-state index contributed by atoms with van der Waals surface area (Å²) >= 11 is 3.36. The van der Waals surface area contributed by atoms with E-state index in [9.17, 15) is 4.39 Å². The molecule has 0 bridgehead atoms. The zero-order valence-electron chi connectivity index (χ0n) is 11.3. The molecule has 106 valence electrons. The molecule has 0 unspecified atom stereocenters. The second-order valence-corrected chi connectivity index (χ2v) is 5.66. The molecule has 3 N–H and O–H groups in total. The first kappa shape index (κ1) is 13.8. The van der Waals surface area contributed by atoms with E-state index in [1.165, 1.54) is 6.07 Å². The third-order valence-electron chi connectivity index (χ3n) is 3.18. The van der Waals surface area contributed by atoms with Crippen LogP contribution in [0.4, 0.5) is 21.5 Å². The molecular weight excluding hydrogens is 333 g/mol. The fourth-order valence-corrected chi connectivity index (χ4v) is 2.67. The minimum atomic E-state index is -0.323. The fourth-order valence-electron chi connectivity index (χ4n) is 2.23. The fraction of sp³-hybridized carbons (Fsp3) is 0.0625. The maximum Gasteiger partial charge on any atom is 0.147 e. The number of aryl methyl sites for hydroxylation is 1. The Kier molecular flexibility index (Phi) is 3.51. The predicted molar refractivity (Wildman–Crippen MR) is 88.3 cm³/mol. The number of hydrogen-bond acceptors (Lipinski definition) is 3. The molecule has 0 fully saturated rings. The number of para-hydroxylation sites is 1. The monoisotopic (exact) mass is 345 g/mol. The van der Waals surface area contributed by atoms with Crippen molar-refractivity contribution in [2.45, 2.75) is 6.92 Å². The first-order chi connectivity index (χ1) is 10.0. The number of hydrogen-bond donors (Lipinski definition) is 2. The Morgan fingerprint density at radius 2 is 2.00 bits per heavy atom. The van der Waals surface area contributed by atoms with Crippen LogP contribution in [0.25, 0.3) is 10.9 Å². The van der Waals surface area contributed by atoms with Gasteiger partial charge in [-0.3, -0.25) is 4.98 Å². The summed E-state index contributed by atoms with van der Waals surface area (Å²) in [5.41, 5.74) is 9.32. The highest BCUT2D eigenvalue weighted by Crippen LogP contribution is 2.32. The van der Waals surface area contributed by atoms with E-state index in [1.54, 1.807) is 18.2 Å². The van der Waals surface area contributed by atoms with Crippen LogP contribution in [-0.4, -0.2) is 4.98 Å². The first-order valence-corrected chi connectivity index (χ1v) is 7.22. The maximum absolute atomic E-state index is 14.0. The van der Waals surface area contributed by atoms with Gasteiger partial charge in [0, 0.05) is 26.9 Å². The molecule has 0 aliphatic rings. The van der Waals surface area contributed by atoms with Crippen molar-refractivity contribution < 1.29 is 4.39 Å². The Labute approximate surface area is 130 Å². The molecule has 1 heterocycles. The van der Waals surface area contributed by atoms with Crippen molar-refractivity contribution >= 4 is 43.9 Å². The number of nitrogens with two attached hydrogens (primary N) is 1. The third-order valence-corrected chi connectivity index (χ3v) is 3.84. The summed E-state index contributed by atoms with van der Waals surface area (Å²) in [5.74, 6) is -0.323. The van der Waals surface area contributed by atoms with Gasteiger partial charge in [0.1, 0.15) is 5.82 Å². The Hall–Kier alpha value is -2.14. The van der Waals surface area contributed by atoms with Gasteiger partial charge in [-0.25, -0.2) is 4.39 Å². The van der Waals surface area contributed by atoms with E-state index in [2.05, 4.69) is 26.2 Å². The Balaban J connectivity index is 2.18. The molecule has 3 rings (SSSR count). The smallest absolute Gasteiger partial charge is 0.147 e. The van der Waals surface area contributed by atoms with E-state index >= 15 is 0 Å². The number of nitrogens with zero attached hydrogens (tertiary/aromatic N) is 1. The molecule has 0 aliphatic carbocycles. The van der Waals surface area contributed by atoms with Gasteiger partial charge in [-0.05, 0) is 59.3 Å². The van der Waals surface area contributed by atoms with Crippen LogP contribution < -0.4 is 11.1 Å². The minimum absolute atomic E-state index is 0.323. The molecule has 0 spiro atoms. The van der Waals surface area contributed by atoms with E-state index in [0.29, 0.717) is 15.8 Å². The van der Waals surface area contributed by atoms with Gasteiger partial charge in [0.15, 0.2) is 0 Å². The lowest BCUT2D eigenvalue weighted by atomic mass is 10.1. The topological polar surface area (TPSA) is 50.9 Å². The second-order valence-electron chi connectivity index (χ2n) is 4.81. The van der Waals surface area contributed by atoms with E-state index in [-0.39, 0.29) is 5.82 Å². The summed E-state index contributed by atoms with van der Waals surface area (Å²) in [6, 6.07) is 12.2. The number of aromatic nitrogens is 1.